The zero-order valence-corrected chi connectivity index (χ0v) is 33.3. The topological polar surface area (TPSA) is 38.3 Å². The maximum absolute atomic E-state index is 12.3. The van der Waals surface area contributed by atoms with E-state index in [9.17, 15) is 4.79 Å². The Morgan fingerprint density at radius 3 is 1.44 bits per heavy atom. The van der Waals surface area contributed by atoms with E-state index >= 15 is 0 Å². The Balaban J connectivity index is 3.77. The molecule has 0 aromatic carbocycles. The van der Waals surface area contributed by atoms with Crippen LogP contribution in [-0.4, -0.2) is 26.2 Å². The number of hydrogen-bond donors (Lipinski definition) is 1. The first-order chi connectivity index (χ1) is 23.7. The van der Waals surface area contributed by atoms with Gasteiger partial charge in [0.15, 0.2) is 0 Å². The van der Waals surface area contributed by atoms with Crippen LogP contribution in [0.4, 0.5) is 0 Å². The quantitative estimate of drug-likeness (QED) is 0.0401. The molecule has 0 aromatic heterocycles. The summed E-state index contributed by atoms with van der Waals surface area (Å²) in [4.78, 5) is 12.3. The summed E-state index contributed by atoms with van der Waals surface area (Å²) in [5.74, 6) is 1.66. The lowest BCUT2D eigenvalue weighted by Gasteiger charge is -2.17. The third kappa shape index (κ3) is 36.2. The Bertz CT molecular complexity index is 676. The van der Waals surface area contributed by atoms with Crippen LogP contribution in [0.1, 0.15) is 226 Å². The molecule has 0 heterocycles. The molecule has 0 aliphatic heterocycles. The molecule has 0 amide bonds. The molecule has 0 rings (SSSR count). The van der Waals surface area contributed by atoms with Gasteiger partial charge in [-0.1, -0.05) is 193 Å². The molecular weight excluding hydrogens is 587 g/mol. The van der Waals surface area contributed by atoms with Crippen molar-refractivity contribution in [2.24, 2.45) is 11.8 Å². The van der Waals surface area contributed by atoms with E-state index in [0.29, 0.717) is 13.0 Å². The summed E-state index contributed by atoms with van der Waals surface area (Å²) >= 11 is 0. The van der Waals surface area contributed by atoms with Crippen molar-refractivity contribution in [3.63, 3.8) is 0 Å². The first kappa shape index (κ1) is 46.9. The number of nitrogens with one attached hydrogen (secondary N) is 1. The molecule has 0 bridgehead atoms. The molecule has 0 fully saturated rings. The van der Waals surface area contributed by atoms with Crippen LogP contribution in [0.3, 0.4) is 0 Å². The normalized spacial score (nSPS) is 12.6. The summed E-state index contributed by atoms with van der Waals surface area (Å²) in [6.45, 7) is 8.61. The summed E-state index contributed by atoms with van der Waals surface area (Å²) in [5, 5.41) is 3.38. The van der Waals surface area contributed by atoms with Crippen molar-refractivity contribution >= 4 is 5.97 Å². The van der Waals surface area contributed by atoms with Crippen LogP contribution in [0.25, 0.3) is 0 Å². The van der Waals surface area contributed by atoms with Crippen molar-refractivity contribution in [3.8, 4) is 0 Å². The molecule has 0 radical (unpaired) electrons. The van der Waals surface area contributed by atoms with Crippen LogP contribution in [0.15, 0.2) is 24.3 Å². The zero-order valence-electron chi connectivity index (χ0n) is 33.3. The van der Waals surface area contributed by atoms with Crippen molar-refractivity contribution in [2.75, 3.05) is 20.2 Å². The minimum absolute atomic E-state index is 0.0306. The molecule has 0 aliphatic rings. The van der Waals surface area contributed by atoms with E-state index < -0.39 is 0 Å². The molecule has 0 spiro atoms. The molecule has 0 saturated carbocycles. The molecule has 1 unspecified atom stereocenters. The van der Waals surface area contributed by atoms with E-state index in [1.165, 1.54) is 180 Å². The second kappa shape index (κ2) is 40.3. The van der Waals surface area contributed by atoms with E-state index in [1.54, 1.807) is 0 Å². The predicted molar refractivity (Wildman–Crippen MR) is 215 cm³/mol. The van der Waals surface area contributed by atoms with Crippen LogP contribution in [0.2, 0.25) is 0 Å². The number of esters is 1. The van der Waals surface area contributed by atoms with E-state index in [2.05, 4.69) is 57.4 Å². The molecule has 0 aromatic rings. The van der Waals surface area contributed by atoms with Crippen molar-refractivity contribution in [1.29, 1.82) is 0 Å². The van der Waals surface area contributed by atoms with Gasteiger partial charge >= 0.3 is 5.97 Å². The zero-order chi connectivity index (χ0) is 35.0. The van der Waals surface area contributed by atoms with Crippen LogP contribution >= 0.6 is 0 Å². The fraction of sp³-hybridized carbons (Fsp3) is 0.889. The van der Waals surface area contributed by atoms with Gasteiger partial charge in [-0.25, -0.2) is 0 Å². The van der Waals surface area contributed by atoms with Gasteiger partial charge in [-0.3, -0.25) is 4.79 Å². The van der Waals surface area contributed by atoms with Crippen molar-refractivity contribution < 1.29 is 9.53 Å². The van der Waals surface area contributed by atoms with Crippen molar-refractivity contribution in [2.45, 2.75) is 226 Å². The highest BCUT2D eigenvalue weighted by Crippen LogP contribution is 2.23. The number of carbonyl (C=O) groups excluding carboxylic acids is 1. The lowest BCUT2D eigenvalue weighted by Crippen LogP contribution is -2.13. The number of ether oxygens (including phenoxy) is 1. The Morgan fingerprint density at radius 2 is 0.917 bits per heavy atom. The first-order valence-electron chi connectivity index (χ1n) is 21.8. The van der Waals surface area contributed by atoms with E-state index in [4.69, 9.17) is 4.74 Å². The standard InChI is InChI=1S/C45H87NO2/c1-5-8-11-12-13-14-15-16-17-18-19-20-21-22-23-26-31-36-43(39-41-46-4)37-32-27-24-25-28-33-38-45(47)48-42-40-44(34-29-9-6-2)35-30-10-7-3/h13-14,16-17,43-44,46H,5-12,15,18-42H2,1-4H3/b14-13-,17-16-. The third-order valence-corrected chi connectivity index (χ3v) is 10.3. The fourth-order valence-corrected chi connectivity index (χ4v) is 7.00. The third-order valence-electron chi connectivity index (χ3n) is 10.3. The van der Waals surface area contributed by atoms with Gasteiger partial charge in [0.2, 0.25) is 0 Å². The number of hydrogen-bond acceptors (Lipinski definition) is 3. The summed E-state index contributed by atoms with van der Waals surface area (Å²) in [6.07, 6.45) is 50.7. The maximum atomic E-state index is 12.3. The van der Waals surface area contributed by atoms with Crippen molar-refractivity contribution in [3.05, 3.63) is 24.3 Å². The van der Waals surface area contributed by atoms with Crippen LogP contribution in [0.5, 0.6) is 0 Å². The second-order valence-corrected chi connectivity index (χ2v) is 15.0. The summed E-state index contributed by atoms with van der Waals surface area (Å²) in [7, 11) is 2.09. The molecule has 1 atom stereocenters. The molecule has 3 nitrogen and oxygen atoms in total. The molecule has 284 valence electrons. The summed E-state index contributed by atoms with van der Waals surface area (Å²) in [6, 6.07) is 0. The van der Waals surface area contributed by atoms with E-state index in [1.807, 2.05) is 0 Å². The SMILES string of the molecule is CCCCC/C=C\C/C=C\CCCCCCCCCC(CCCCCCCCC(=O)OCCC(CCCCC)CCCCC)CCNC. The highest BCUT2D eigenvalue weighted by atomic mass is 16.5. The average Bonchev–Trinajstić information content (AvgIpc) is 3.09. The van der Waals surface area contributed by atoms with Gasteiger partial charge in [0, 0.05) is 6.42 Å². The van der Waals surface area contributed by atoms with Crippen LogP contribution in [0, 0.1) is 11.8 Å². The first-order valence-corrected chi connectivity index (χ1v) is 21.8. The molecule has 0 aliphatic carbocycles. The fourth-order valence-electron chi connectivity index (χ4n) is 7.00. The summed E-state index contributed by atoms with van der Waals surface area (Å²) < 4.78 is 5.64. The minimum Gasteiger partial charge on any atom is -0.466 e. The van der Waals surface area contributed by atoms with Gasteiger partial charge in [0.25, 0.3) is 0 Å². The lowest BCUT2D eigenvalue weighted by molar-refractivity contribution is -0.144. The van der Waals surface area contributed by atoms with Crippen LogP contribution < -0.4 is 5.32 Å². The number of carbonyl (C=O) groups is 1. The second-order valence-electron chi connectivity index (χ2n) is 15.0. The van der Waals surface area contributed by atoms with Gasteiger partial charge in [0.1, 0.15) is 0 Å². The molecule has 48 heavy (non-hydrogen) atoms. The van der Waals surface area contributed by atoms with Gasteiger partial charge < -0.3 is 10.1 Å². The van der Waals surface area contributed by atoms with E-state index in [0.717, 1.165) is 37.6 Å². The van der Waals surface area contributed by atoms with Crippen LogP contribution in [-0.2, 0) is 9.53 Å². The highest BCUT2D eigenvalue weighted by molar-refractivity contribution is 5.69. The molecule has 0 saturated heterocycles. The highest BCUT2D eigenvalue weighted by Gasteiger charge is 2.11. The largest absolute Gasteiger partial charge is 0.466 e. The Hall–Kier alpha value is -1.09. The Labute approximate surface area is 302 Å². The predicted octanol–water partition coefficient (Wildman–Crippen LogP) is 14.6. The van der Waals surface area contributed by atoms with Gasteiger partial charge in [-0.05, 0) is 76.8 Å². The average molecular weight is 674 g/mol. The molecule has 1 N–H and O–H groups in total. The van der Waals surface area contributed by atoms with E-state index in [-0.39, 0.29) is 5.97 Å². The number of rotatable bonds is 39. The van der Waals surface area contributed by atoms with Crippen molar-refractivity contribution in [1.82, 2.24) is 5.32 Å². The number of unbranched alkanes of at least 4 members (excludes halogenated alkanes) is 19. The van der Waals surface area contributed by atoms with Gasteiger partial charge in [-0.15, -0.1) is 0 Å². The minimum atomic E-state index is 0.0306. The Morgan fingerprint density at radius 1 is 0.500 bits per heavy atom. The summed E-state index contributed by atoms with van der Waals surface area (Å²) in [5.41, 5.74) is 0. The Kier molecular flexibility index (Phi) is 39.4. The molecule has 3 heteroatoms. The number of allylic oxidation sites excluding steroid dienone is 4. The molecular formula is C45H87NO2. The smallest absolute Gasteiger partial charge is 0.305 e. The monoisotopic (exact) mass is 674 g/mol. The lowest BCUT2D eigenvalue weighted by atomic mass is 9.91. The maximum Gasteiger partial charge on any atom is 0.305 e. The van der Waals surface area contributed by atoms with Gasteiger partial charge in [-0.2, -0.15) is 0 Å². The van der Waals surface area contributed by atoms with Gasteiger partial charge in [0.05, 0.1) is 6.61 Å².